The maximum atomic E-state index is 13.1. The van der Waals surface area contributed by atoms with E-state index in [1.165, 1.54) is 15.6 Å². The molecule has 3 heterocycles. The summed E-state index contributed by atoms with van der Waals surface area (Å²) in [6, 6.07) is 4.83. The highest BCUT2D eigenvalue weighted by atomic mass is 32.2. The Balaban J connectivity index is 1.39. The molecule has 2 aromatic heterocycles. The molecule has 9 nitrogen and oxygen atoms in total. The maximum Gasteiger partial charge on any atom is 0.312 e. The van der Waals surface area contributed by atoms with E-state index in [2.05, 4.69) is 10.3 Å². The molecule has 1 amide bonds. The number of sulfonamides is 1. The Hall–Kier alpha value is -2.76. The number of nitrogens with zero attached hydrogens (tertiary/aromatic N) is 3. The lowest BCUT2D eigenvalue weighted by molar-refractivity contribution is -0.146. The van der Waals surface area contributed by atoms with Gasteiger partial charge in [0.1, 0.15) is 4.90 Å². The van der Waals surface area contributed by atoms with Crippen molar-refractivity contribution >= 4 is 43.9 Å². The first-order valence-corrected chi connectivity index (χ1v) is 12.6. The van der Waals surface area contributed by atoms with Gasteiger partial charge in [-0.05, 0) is 37.5 Å². The number of ether oxygens (including phenoxy) is 1. The molecule has 0 atom stereocenters. The summed E-state index contributed by atoms with van der Waals surface area (Å²) < 4.78 is 34.6. The molecule has 3 aromatic rings. The van der Waals surface area contributed by atoms with E-state index in [4.69, 9.17) is 4.74 Å². The van der Waals surface area contributed by atoms with E-state index < -0.39 is 28.5 Å². The van der Waals surface area contributed by atoms with Crippen LogP contribution in [0.25, 0.3) is 4.96 Å². The SMILES string of the molecule is Cc1ccc(NC(=O)COC(=O)Cc2cn3ccsc3n2)c(S(=O)(=O)N2CCCCC2)c1. The van der Waals surface area contributed by atoms with Crippen LogP contribution < -0.4 is 5.32 Å². The standard InChI is InChI=1S/C21H24N4O5S2/c1-15-5-6-17(18(11-15)32(28,29)25-7-3-2-4-8-25)23-19(26)14-30-20(27)12-16-13-24-9-10-31-21(24)22-16/h5-6,9-11,13H,2-4,7-8,12,14H2,1H3,(H,23,26). The second kappa shape index (κ2) is 9.39. The molecule has 0 spiro atoms. The van der Waals surface area contributed by atoms with Crippen LogP contribution in [-0.4, -0.2) is 53.7 Å². The molecular weight excluding hydrogens is 452 g/mol. The first-order chi connectivity index (χ1) is 15.3. The van der Waals surface area contributed by atoms with Crippen molar-refractivity contribution in [2.24, 2.45) is 0 Å². The summed E-state index contributed by atoms with van der Waals surface area (Å²) >= 11 is 1.45. The summed E-state index contributed by atoms with van der Waals surface area (Å²) in [4.78, 5) is 29.6. The number of esters is 1. The number of thiazole rings is 1. The van der Waals surface area contributed by atoms with E-state index >= 15 is 0 Å². The molecule has 0 unspecified atom stereocenters. The van der Waals surface area contributed by atoms with E-state index in [-0.39, 0.29) is 17.0 Å². The van der Waals surface area contributed by atoms with Crippen molar-refractivity contribution in [2.75, 3.05) is 25.0 Å². The van der Waals surface area contributed by atoms with Crippen LogP contribution in [0.3, 0.4) is 0 Å². The van der Waals surface area contributed by atoms with Crippen LogP contribution >= 0.6 is 11.3 Å². The van der Waals surface area contributed by atoms with E-state index in [1.807, 2.05) is 16.0 Å². The molecule has 11 heteroatoms. The predicted molar refractivity (Wildman–Crippen MR) is 120 cm³/mol. The summed E-state index contributed by atoms with van der Waals surface area (Å²) in [5.41, 5.74) is 1.50. The summed E-state index contributed by atoms with van der Waals surface area (Å²) in [5.74, 6) is -1.20. The molecule has 1 aromatic carbocycles. The number of amides is 1. The summed E-state index contributed by atoms with van der Waals surface area (Å²) in [6.45, 7) is 2.21. The quantitative estimate of drug-likeness (QED) is 0.525. The Kier molecular flexibility index (Phi) is 6.58. The van der Waals surface area contributed by atoms with Crippen LogP contribution in [0, 0.1) is 6.92 Å². The molecule has 1 N–H and O–H groups in total. The number of aromatic nitrogens is 2. The fourth-order valence-electron chi connectivity index (χ4n) is 3.58. The molecule has 0 saturated carbocycles. The van der Waals surface area contributed by atoms with Gasteiger partial charge in [0.2, 0.25) is 10.0 Å². The van der Waals surface area contributed by atoms with Crippen molar-refractivity contribution in [3.8, 4) is 0 Å². The maximum absolute atomic E-state index is 13.1. The van der Waals surface area contributed by atoms with Crippen molar-refractivity contribution in [3.63, 3.8) is 0 Å². The Morgan fingerprint density at radius 1 is 1.22 bits per heavy atom. The number of carbonyl (C=O) groups is 2. The predicted octanol–water partition coefficient (Wildman–Crippen LogP) is 2.60. The van der Waals surface area contributed by atoms with Gasteiger partial charge in [-0.25, -0.2) is 13.4 Å². The molecule has 1 saturated heterocycles. The lowest BCUT2D eigenvalue weighted by Crippen LogP contribution is -2.36. The smallest absolute Gasteiger partial charge is 0.312 e. The minimum atomic E-state index is -3.74. The van der Waals surface area contributed by atoms with Gasteiger partial charge in [0.15, 0.2) is 11.6 Å². The number of hydrogen-bond acceptors (Lipinski definition) is 7. The Bertz CT molecular complexity index is 1210. The number of imidazole rings is 1. The van der Waals surface area contributed by atoms with Gasteiger partial charge in [-0.1, -0.05) is 12.5 Å². The largest absolute Gasteiger partial charge is 0.455 e. The van der Waals surface area contributed by atoms with E-state index in [1.54, 1.807) is 31.3 Å². The molecule has 1 fully saturated rings. The van der Waals surface area contributed by atoms with Crippen LogP contribution in [0.4, 0.5) is 5.69 Å². The second-order valence-corrected chi connectivity index (χ2v) is 10.5. The van der Waals surface area contributed by atoms with Crippen molar-refractivity contribution in [1.82, 2.24) is 13.7 Å². The lowest BCUT2D eigenvalue weighted by Gasteiger charge is -2.27. The van der Waals surface area contributed by atoms with Gasteiger partial charge in [0.25, 0.3) is 5.91 Å². The summed E-state index contributed by atoms with van der Waals surface area (Å²) in [7, 11) is -3.74. The van der Waals surface area contributed by atoms with Crippen LogP contribution in [0.15, 0.2) is 40.9 Å². The number of fused-ring (bicyclic) bond motifs is 1. The van der Waals surface area contributed by atoms with Gasteiger partial charge in [0.05, 0.1) is 17.8 Å². The zero-order chi connectivity index (χ0) is 22.7. The van der Waals surface area contributed by atoms with Crippen molar-refractivity contribution in [1.29, 1.82) is 0 Å². The lowest BCUT2D eigenvalue weighted by atomic mass is 10.2. The number of carbonyl (C=O) groups excluding carboxylic acids is 2. The number of rotatable bonds is 7. The summed E-state index contributed by atoms with van der Waals surface area (Å²) in [6.07, 6.45) is 6.16. The molecule has 170 valence electrons. The van der Waals surface area contributed by atoms with Crippen molar-refractivity contribution < 1.29 is 22.7 Å². The van der Waals surface area contributed by atoms with Crippen LogP contribution in [-0.2, 0) is 30.8 Å². The van der Waals surface area contributed by atoms with Gasteiger partial charge in [0, 0.05) is 30.9 Å². The third kappa shape index (κ3) is 5.00. The van der Waals surface area contributed by atoms with E-state index in [0.717, 1.165) is 29.8 Å². The highest BCUT2D eigenvalue weighted by Gasteiger charge is 2.29. The normalized spacial score (nSPS) is 15.0. The number of piperidine rings is 1. The first-order valence-electron chi connectivity index (χ1n) is 10.3. The molecule has 1 aliphatic rings. The number of benzene rings is 1. The third-order valence-electron chi connectivity index (χ3n) is 5.18. The molecular formula is C21H24N4O5S2. The third-order valence-corrected chi connectivity index (χ3v) is 7.89. The fraction of sp³-hybridized carbons (Fsp3) is 0.381. The van der Waals surface area contributed by atoms with Gasteiger partial charge < -0.3 is 10.1 Å². The van der Waals surface area contributed by atoms with Crippen molar-refractivity contribution in [3.05, 3.63) is 47.2 Å². The molecule has 4 rings (SSSR count). The fourth-order valence-corrected chi connectivity index (χ4v) is 6.05. The number of hydrogen-bond donors (Lipinski definition) is 1. The highest BCUT2D eigenvalue weighted by Crippen LogP contribution is 2.28. The van der Waals surface area contributed by atoms with Crippen LogP contribution in [0.5, 0.6) is 0 Å². The minimum Gasteiger partial charge on any atom is -0.455 e. The zero-order valence-corrected chi connectivity index (χ0v) is 19.2. The molecule has 0 aliphatic carbocycles. The second-order valence-electron chi connectivity index (χ2n) is 7.68. The highest BCUT2D eigenvalue weighted by molar-refractivity contribution is 7.89. The molecule has 32 heavy (non-hydrogen) atoms. The van der Waals surface area contributed by atoms with E-state index in [0.29, 0.717) is 18.8 Å². The topological polar surface area (TPSA) is 110 Å². The Morgan fingerprint density at radius 2 is 2.00 bits per heavy atom. The molecule has 1 aliphatic heterocycles. The van der Waals surface area contributed by atoms with Crippen LogP contribution in [0.1, 0.15) is 30.5 Å². The Labute approximate surface area is 190 Å². The number of anilines is 1. The monoisotopic (exact) mass is 476 g/mol. The van der Waals surface area contributed by atoms with Gasteiger partial charge in [-0.2, -0.15) is 4.31 Å². The number of aryl methyl sites for hydroxylation is 1. The van der Waals surface area contributed by atoms with Crippen molar-refractivity contribution in [2.45, 2.75) is 37.5 Å². The van der Waals surface area contributed by atoms with Gasteiger partial charge in [-0.15, -0.1) is 11.3 Å². The average molecular weight is 477 g/mol. The average Bonchev–Trinajstić information content (AvgIpc) is 3.36. The minimum absolute atomic E-state index is 0.0529. The zero-order valence-electron chi connectivity index (χ0n) is 17.6. The van der Waals surface area contributed by atoms with Crippen LogP contribution in [0.2, 0.25) is 0 Å². The first kappa shape index (κ1) is 22.4. The summed E-state index contributed by atoms with van der Waals surface area (Å²) in [5, 5.41) is 4.47. The molecule has 0 radical (unpaired) electrons. The Morgan fingerprint density at radius 3 is 2.75 bits per heavy atom. The van der Waals surface area contributed by atoms with Gasteiger partial charge >= 0.3 is 5.97 Å². The van der Waals surface area contributed by atoms with E-state index in [9.17, 15) is 18.0 Å². The number of nitrogens with one attached hydrogen (secondary N) is 1. The molecule has 0 bridgehead atoms. The van der Waals surface area contributed by atoms with Gasteiger partial charge in [-0.3, -0.25) is 14.0 Å².